The van der Waals surface area contributed by atoms with Crippen LogP contribution in [0.1, 0.15) is 6.92 Å². The van der Waals surface area contributed by atoms with Crippen LogP contribution in [0.15, 0.2) is 17.1 Å². The van der Waals surface area contributed by atoms with Crippen molar-refractivity contribution < 1.29 is 14.7 Å². The van der Waals surface area contributed by atoms with Crippen LogP contribution in [0.25, 0.3) is 0 Å². The number of aromatic nitrogens is 2. The summed E-state index contributed by atoms with van der Waals surface area (Å²) in [6.07, 6.45) is 1.13. The van der Waals surface area contributed by atoms with Crippen molar-refractivity contribution in [2.45, 2.75) is 13.0 Å². The first kappa shape index (κ1) is 11.0. The van der Waals surface area contributed by atoms with Crippen molar-refractivity contribution >= 4 is 11.8 Å². The summed E-state index contributed by atoms with van der Waals surface area (Å²) in [6, 6.07) is 0.748. The number of nitrogens with zero attached hydrogens (tertiary/aromatic N) is 2. The van der Waals surface area contributed by atoms with Gasteiger partial charge in [0.15, 0.2) is 0 Å². The Morgan fingerprint density at radius 2 is 2.40 bits per heavy atom. The Balaban J connectivity index is 2.77. The van der Waals surface area contributed by atoms with Crippen molar-refractivity contribution in [3.63, 3.8) is 0 Å². The average molecular weight is 213 g/mol. The number of anilines is 1. The Bertz CT molecular complexity index is 415. The van der Waals surface area contributed by atoms with Crippen molar-refractivity contribution in [2.24, 2.45) is 0 Å². The minimum absolute atomic E-state index is 0.197. The third-order valence-electron chi connectivity index (χ3n) is 1.70. The minimum atomic E-state index is -0.822. The Labute approximate surface area is 85.3 Å². The van der Waals surface area contributed by atoms with Crippen LogP contribution in [-0.4, -0.2) is 34.0 Å². The van der Waals surface area contributed by atoms with Gasteiger partial charge >= 0.3 is 11.7 Å². The molecule has 0 aromatic carbocycles. The van der Waals surface area contributed by atoms with Crippen LogP contribution in [-0.2, 0) is 9.53 Å². The van der Waals surface area contributed by atoms with Gasteiger partial charge in [-0.25, -0.2) is 9.59 Å². The fourth-order valence-electron chi connectivity index (χ4n) is 0.934. The Morgan fingerprint density at radius 1 is 1.73 bits per heavy atom. The van der Waals surface area contributed by atoms with E-state index in [0.717, 1.165) is 6.20 Å². The van der Waals surface area contributed by atoms with Gasteiger partial charge in [-0.2, -0.15) is 4.98 Å². The molecule has 1 atom stereocenters. The van der Waals surface area contributed by atoms with E-state index in [1.807, 2.05) is 0 Å². The number of ether oxygens (including phenoxy) is 1. The molecule has 0 aliphatic carbocycles. The highest BCUT2D eigenvalue weighted by Gasteiger charge is 2.13. The lowest BCUT2D eigenvalue weighted by molar-refractivity contribution is -0.141. The highest BCUT2D eigenvalue weighted by Crippen LogP contribution is 2.00. The maximum absolute atomic E-state index is 11.0. The first-order chi connectivity index (χ1) is 7.04. The van der Waals surface area contributed by atoms with E-state index in [2.05, 4.69) is 15.0 Å². The summed E-state index contributed by atoms with van der Waals surface area (Å²) in [5, 5.41) is 11.5. The molecule has 0 unspecified atom stereocenters. The third-order valence-corrected chi connectivity index (χ3v) is 1.70. The van der Waals surface area contributed by atoms with Gasteiger partial charge in [0.05, 0.1) is 13.3 Å². The van der Waals surface area contributed by atoms with Gasteiger partial charge in [-0.05, 0) is 6.92 Å². The zero-order chi connectivity index (χ0) is 11.4. The summed E-state index contributed by atoms with van der Waals surface area (Å²) in [4.78, 5) is 25.4. The molecule has 1 aromatic heterocycles. The fraction of sp³-hybridized carbons (Fsp3) is 0.375. The maximum atomic E-state index is 11.0. The lowest BCUT2D eigenvalue weighted by atomic mass is 10.3. The van der Waals surface area contributed by atoms with E-state index in [9.17, 15) is 9.59 Å². The van der Waals surface area contributed by atoms with Gasteiger partial charge < -0.3 is 15.3 Å². The van der Waals surface area contributed by atoms with Crippen LogP contribution in [0.3, 0.4) is 0 Å². The van der Waals surface area contributed by atoms with Gasteiger partial charge in [0, 0.05) is 6.07 Å². The molecular weight excluding hydrogens is 202 g/mol. The number of methoxy groups -OCH3 is 1. The number of rotatable bonds is 3. The van der Waals surface area contributed by atoms with Crippen LogP contribution in [0.5, 0.6) is 0 Å². The van der Waals surface area contributed by atoms with Gasteiger partial charge in [-0.1, -0.05) is 0 Å². The minimum Gasteiger partial charge on any atom is -0.467 e. The summed E-state index contributed by atoms with van der Waals surface area (Å²) < 4.78 is 4.82. The highest BCUT2D eigenvalue weighted by molar-refractivity contribution is 5.78. The van der Waals surface area contributed by atoms with Crippen LogP contribution in [0, 0.1) is 0 Å². The molecule has 0 aliphatic rings. The maximum Gasteiger partial charge on any atom is 0.382 e. The van der Waals surface area contributed by atoms with Crippen LogP contribution < -0.4 is 11.0 Å². The summed E-state index contributed by atoms with van der Waals surface area (Å²) in [7, 11) is 1.26. The Kier molecular flexibility index (Phi) is 3.27. The molecule has 7 nitrogen and oxygen atoms in total. The summed E-state index contributed by atoms with van der Waals surface area (Å²) in [5.41, 5.74) is -0.822. The SMILES string of the molecule is COC(=O)[C@@H](C)Nc1ccn(O)c(=O)n1. The molecule has 0 bridgehead atoms. The van der Waals surface area contributed by atoms with Crippen molar-refractivity contribution in [2.75, 3.05) is 12.4 Å². The second-order valence-electron chi connectivity index (χ2n) is 2.83. The lowest BCUT2D eigenvalue weighted by Crippen LogP contribution is -2.29. The first-order valence-corrected chi connectivity index (χ1v) is 4.18. The van der Waals surface area contributed by atoms with Crippen molar-refractivity contribution in [3.05, 3.63) is 22.7 Å². The molecule has 1 rings (SSSR count). The Morgan fingerprint density at radius 3 is 2.93 bits per heavy atom. The van der Waals surface area contributed by atoms with Gasteiger partial charge in [-0.15, -0.1) is 4.73 Å². The van der Waals surface area contributed by atoms with E-state index in [-0.39, 0.29) is 5.82 Å². The van der Waals surface area contributed by atoms with E-state index in [1.54, 1.807) is 6.92 Å². The smallest absolute Gasteiger partial charge is 0.382 e. The molecule has 1 heterocycles. The quantitative estimate of drug-likeness (QED) is 0.517. The molecule has 0 spiro atoms. The molecule has 0 amide bonds. The largest absolute Gasteiger partial charge is 0.467 e. The van der Waals surface area contributed by atoms with Gasteiger partial charge in [0.25, 0.3) is 0 Å². The molecule has 82 valence electrons. The molecule has 0 saturated heterocycles. The van der Waals surface area contributed by atoms with Gasteiger partial charge in [0.1, 0.15) is 11.9 Å². The summed E-state index contributed by atoms with van der Waals surface area (Å²) in [5.74, 6) is -0.270. The van der Waals surface area contributed by atoms with E-state index >= 15 is 0 Å². The molecule has 1 aromatic rings. The van der Waals surface area contributed by atoms with Crippen molar-refractivity contribution in [1.82, 2.24) is 9.71 Å². The summed E-state index contributed by atoms with van der Waals surface area (Å²) in [6.45, 7) is 1.57. The zero-order valence-electron chi connectivity index (χ0n) is 8.30. The van der Waals surface area contributed by atoms with Crippen molar-refractivity contribution in [3.8, 4) is 0 Å². The molecule has 0 fully saturated rings. The average Bonchev–Trinajstić information content (AvgIpc) is 2.22. The van der Waals surface area contributed by atoms with E-state index in [4.69, 9.17) is 5.21 Å². The number of carbonyl (C=O) groups excluding carboxylic acids is 1. The van der Waals surface area contributed by atoms with Crippen LogP contribution >= 0.6 is 0 Å². The Hall–Kier alpha value is -2.05. The summed E-state index contributed by atoms with van der Waals surface area (Å²) >= 11 is 0. The normalized spacial score (nSPS) is 11.9. The monoisotopic (exact) mass is 213 g/mol. The second-order valence-corrected chi connectivity index (χ2v) is 2.83. The first-order valence-electron chi connectivity index (χ1n) is 4.18. The second kappa shape index (κ2) is 4.45. The number of nitrogens with one attached hydrogen (secondary N) is 1. The number of carbonyl (C=O) groups is 1. The predicted octanol–water partition coefficient (Wildman–Crippen LogP) is -0.546. The fourth-order valence-corrected chi connectivity index (χ4v) is 0.934. The topological polar surface area (TPSA) is 93.5 Å². The molecular formula is C8H11N3O4. The van der Waals surface area contributed by atoms with Crippen LogP contribution in [0.4, 0.5) is 5.82 Å². The van der Waals surface area contributed by atoms with E-state index < -0.39 is 17.7 Å². The standard InChI is InChI=1S/C8H11N3O4/c1-5(7(12)15-2)9-6-3-4-11(14)8(13)10-6/h3-5,14H,1-2H3,(H,9,10,13)/t5-/m1/s1. The lowest BCUT2D eigenvalue weighted by Gasteiger charge is -2.11. The highest BCUT2D eigenvalue weighted by atomic mass is 16.5. The molecule has 2 N–H and O–H groups in total. The van der Waals surface area contributed by atoms with Gasteiger partial charge in [0.2, 0.25) is 0 Å². The van der Waals surface area contributed by atoms with E-state index in [1.165, 1.54) is 13.2 Å². The molecule has 0 saturated carbocycles. The number of hydrogen-bond donors (Lipinski definition) is 2. The molecule has 0 radical (unpaired) electrons. The third kappa shape index (κ3) is 2.70. The van der Waals surface area contributed by atoms with E-state index in [0.29, 0.717) is 4.73 Å². The predicted molar refractivity (Wildman–Crippen MR) is 50.8 cm³/mol. The van der Waals surface area contributed by atoms with Crippen LogP contribution in [0.2, 0.25) is 0 Å². The van der Waals surface area contributed by atoms with Crippen molar-refractivity contribution in [1.29, 1.82) is 0 Å². The number of esters is 1. The molecule has 0 aliphatic heterocycles. The zero-order valence-corrected chi connectivity index (χ0v) is 8.30. The number of hydrogen-bond acceptors (Lipinski definition) is 6. The van der Waals surface area contributed by atoms with Gasteiger partial charge in [-0.3, -0.25) is 0 Å². The molecule has 15 heavy (non-hydrogen) atoms. The molecule has 7 heteroatoms.